The number of benzene rings is 3. The summed E-state index contributed by atoms with van der Waals surface area (Å²) in [5, 5.41) is 1.02. The lowest BCUT2D eigenvalue weighted by Gasteiger charge is -2.09. The summed E-state index contributed by atoms with van der Waals surface area (Å²) in [6.45, 7) is 2.11. The molecule has 1 nitrogen and oxygen atoms in total. The summed E-state index contributed by atoms with van der Waals surface area (Å²) in [4.78, 5) is 6.02. The average molecular weight is 353 g/mol. The molecule has 1 heterocycles. The molecule has 0 radical (unpaired) electrons. The molecule has 0 bridgehead atoms. The Bertz CT molecular complexity index is 981. The van der Waals surface area contributed by atoms with E-state index in [-0.39, 0.29) is 0 Å². The molecule has 0 amide bonds. The van der Waals surface area contributed by atoms with Gasteiger partial charge in [-0.1, -0.05) is 102 Å². The number of rotatable bonds is 3. The van der Waals surface area contributed by atoms with Crippen molar-refractivity contribution in [2.24, 2.45) is 4.99 Å². The molecule has 0 saturated carbocycles. The standard InChI is InChI=1S/C24H19NS/c1-18-12-14-19(15-13-18)22-16-23(20-8-4-2-5-9-20)26-24(25-17-22)21-10-6-3-7-11-21/h2-17H,1H3. The van der Waals surface area contributed by atoms with Crippen LogP contribution >= 0.6 is 11.8 Å². The largest absolute Gasteiger partial charge is 0.248 e. The van der Waals surface area contributed by atoms with Crippen molar-refractivity contribution in [3.05, 3.63) is 119 Å². The number of thioether (sulfide) groups is 1. The van der Waals surface area contributed by atoms with Crippen molar-refractivity contribution in [1.82, 2.24) is 0 Å². The van der Waals surface area contributed by atoms with Gasteiger partial charge in [0.1, 0.15) is 5.04 Å². The van der Waals surface area contributed by atoms with E-state index >= 15 is 0 Å². The highest BCUT2D eigenvalue weighted by Crippen LogP contribution is 2.36. The highest BCUT2D eigenvalue weighted by atomic mass is 32.2. The van der Waals surface area contributed by atoms with Crippen molar-refractivity contribution in [3.63, 3.8) is 0 Å². The molecule has 4 rings (SSSR count). The molecule has 1 aliphatic rings. The fourth-order valence-electron chi connectivity index (χ4n) is 2.83. The van der Waals surface area contributed by atoms with Crippen LogP contribution in [0.5, 0.6) is 0 Å². The maximum Gasteiger partial charge on any atom is 0.108 e. The second-order valence-corrected chi connectivity index (χ2v) is 7.26. The number of aryl methyl sites for hydroxylation is 1. The fraction of sp³-hybridized carbons (Fsp3) is 0.0417. The molecular weight excluding hydrogens is 334 g/mol. The second-order valence-electron chi connectivity index (χ2n) is 6.23. The van der Waals surface area contributed by atoms with Gasteiger partial charge in [-0.25, -0.2) is 4.99 Å². The fourth-order valence-corrected chi connectivity index (χ4v) is 3.84. The van der Waals surface area contributed by atoms with E-state index < -0.39 is 0 Å². The molecule has 126 valence electrons. The Morgan fingerprint density at radius 2 is 1.27 bits per heavy atom. The maximum atomic E-state index is 4.81. The van der Waals surface area contributed by atoms with Gasteiger partial charge in [0.05, 0.1) is 0 Å². The molecule has 3 aromatic rings. The van der Waals surface area contributed by atoms with Crippen LogP contribution in [-0.2, 0) is 0 Å². The Morgan fingerprint density at radius 3 is 1.92 bits per heavy atom. The zero-order chi connectivity index (χ0) is 17.8. The topological polar surface area (TPSA) is 12.4 Å². The van der Waals surface area contributed by atoms with Crippen molar-refractivity contribution < 1.29 is 0 Å². The SMILES string of the molecule is Cc1ccc(C2=CN=C(c3ccccc3)SC(c3ccccc3)=C2)cc1. The van der Waals surface area contributed by atoms with Gasteiger partial charge in [0.2, 0.25) is 0 Å². The molecule has 26 heavy (non-hydrogen) atoms. The van der Waals surface area contributed by atoms with Gasteiger partial charge in [-0.3, -0.25) is 0 Å². The van der Waals surface area contributed by atoms with Crippen LogP contribution < -0.4 is 0 Å². The lowest BCUT2D eigenvalue weighted by atomic mass is 10.0. The van der Waals surface area contributed by atoms with Gasteiger partial charge in [-0.15, -0.1) is 0 Å². The first kappa shape index (κ1) is 16.6. The minimum atomic E-state index is 1.02. The van der Waals surface area contributed by atoms with Crippen molar-refractivity contribution in [1.29, 1.82) is 0 Å². The third kappa shape index (κ3) is 3.71. The van der Waals surface area contributed by atoms with Crippen molar-refractivity contribution in [3.8, 4) is 0 Å². The molecule has 0 unspecified atom stereocenters. The molecule has 0 aliphatic carbocycles. The number of nitrogens with zero attached hydrogens (tertiary/aromatic N) is 1. The normalized spacial score (nSPS) is 14.1. The molecule has 0 saturated heterocycles. The van der Waals surface area contributed by atoms with Crippen LogP contribution in [0.25, 0.3) is 10.5 Å². The van der Waals surface area contributed by atoms with Crippen LogP contribution in [0.2, 0.25) is 0 Å². The van der Waals surface area contributed by atoms with Gasteiger partial charge >= 0.3 is 0 Å². The van der Waals surface area contributed by atoms with E-state index in [2.05, 4.69) is 85.8 Å². The predicted octanol–water partition coefficient (Wildman–Crippen LogP) is 6.57. The van der Waals surface area contributed by atoms with Crippen molar-refractivity contribution >= 4 is 27.3 Å². The molecule has 0 spiro atoms. The Balaban J connectivity index is 1.82. The van der Waals surface area contributed by atoms with Gasteiger partial charge < -0.3 is 0 Å². The Kier molecular flexibility index (Phi) is 4.85. The Labute approximate surface area is 158 Å². The summed E-state index contributed by atoms with van der Waals surface area (Å²) < 4.78 is 0. The smallest absolute Gasteiger partial charge is 0.108 e. The molecule has 2 heteroatoms. The van der Waals surface area contributed by atoms with Crippen molar-refractivity contribution in [2.75, 3.05) is 0 Å². The summed E-state index contributed by atoms with van der Waals surface area (Å²) in [6, 6.07) is 29.5. The molecule has 3 aromatic carbocycles. The maximum absolute atomic E-state index is 4.81. The van der Waals surface area contributed by atoms with Gasteiger partial charge in [0.25, 0.3) is 0 Å². The number of hydrogen-bond acceptors (Lipinski definition) is 2. The molecule has 0 aromatic heterocycles. The first-order valence-corrected chi connectivity index (χ1v) is 9.47. The van der Waals surface area contributed by atoms with E-state index in [4.69, 9.17) is 4.99 Å². The molecular formula is C24H19NS. The Morgan fingerprint density at radius 1 is 0.654 bits per heavy atom. The van der Waals surface area contributed by atoms with Crippen LogP contribution in [0.1, 0.15) is 22.3 Å². The second kappa shape index (κ2) is 7.59. The average Bonchev–Trinajstić information content (AvgIpc) is 2.93. The summed E-state index contributed by atoms with van der Waals surface area (Å²) in [7, 11) is 0. The van der Waals surface area contributed by atoms with E-state index in [1.807, 2.05) is 18.3 Å². The summed E-state index contributed by atoms with van der Waals surface area (Å²) in [6.07, 6.45) is 4.22. The van der Waals surface area contributed by atoms with E-state index in [1.165, 1.54) is 21.6 Å². The summed E-state index contributed by atoms with van der Waals surface area (Å²) >= 11 is 1.72. The number of hydrogen-bond donors (Lipinski definition) is 0. The Hall–Kier alpha value is -2.84. The van der Waals surface area contributed by atoms with Gasteiger partial charge in [-0.05, 0) is 24.1 Å². The quantitative estimate of drug-likeness (QED) is 0.518. The van der Waals surface area contributed by atoms with Crippen LogP contribution in [0.4, 0.5) is 0 Å². The predicted molar refractivity (Wildman–Crippen MR) is 114 cm³/mol. The van der Waals surface area contributed by atoms with E-state index in [9.17, 15) is 0 Å². The number of aliphatic imine (C=N–C) groups is 1. The van der Waals surface area contributed by atoms with E-state index in [1.54, 1.807) is 11.8 Å². The van der Waals surface area contributed by atoms with E-state index in [0.29, 0.717) is 0 Å². The van der Waals surface area contributed by atoms with Crippen LogP contribution in [0.15, 0.2) is 102 Å². The monoisotopic (exact) mass is 353 g/mol. The highest BCUT2D eigenvalue weighted by molar-refractivity contribution is 8.22. The summed E-state index contributed by atoms with van der Waals surface area (Å²) in [5.41, 5.74) is 5.92. The molecule has 0 fully saturated rings. The van der Waals surface area contributed by atoms with Crippen LogP contribution in [-0.4, -0.2) is 5.04 Å². The zero-order valence-corrected chi connectivity index (χ0v) is 15.4. The van der Waals surface area contributed by atoms with Crippen LogP contribution in [0, 0.1) is 6.92 Å². The third-order valence-corrected chi connectivity index (χ3v) is 5.39. The van der Waals surface area contributed by atoms with Gasteiger partial charge in [-0.2, -0.15) is 0 Å². The first-order valence-electron chi connectivity index (χ1n) is 8.65. The summed E-state index contributed by atoms with van der Waals surface area (Å²) in [5.74, 6) is 0. The molecule has 0 atom stereocenters. The molecule has 1 aliphatic heterocycles. The highest BCUT2D eigenvalue weighted by Gasteiger charge is 2.14. The van der Waals surface area contributed by atoms with Crippen molar-refractivity contribution in [2.45, 2.75) is 6.92 Å². The third-order valence-electron chi connectivity index (χ3n) is 4.28. The lowest BCUT2D eigenvalue weighted by Crippen LogP contribution is -1.94. The van der Waals surface area contributed by atoms with Gasteiger partial charge in [0, 0.05) is 22.2 Å². The molecule has 0 N–H and O–H groups in total. The van der Waals surface area contributed by atoms with Gasteiger partial charge in [0.15, 0.2) is 0 Å². The van der Waals surface area contributed by atoms with E-state index in [0.717, 1.165) is 16.2 Å². The zero-order valence-electron chi connectivity index (χ0n) is 14.6. The lowest BCUT2D eigenvalue weighted by molar-refractivity contribution is 1.45. The van der Waals surface area contributed by atoms with Crippen LogP contribution in [0.3, 0.4) is 0 Å². The minimum Gasteiger partial charge on any atom is -0.248 e. The minimum absolute atomic E-state index is 1.02. The first-order chi connectivity index (χ1) is 12.8. The number of allylic oxidation sites excluding steroid dienone is 2.